The summed E-state index contributed by atoms with van der Waals surface area (Å²) in [5.74, 6) is -16.0. The average Bonchev–Trinajstić information content (AvgIpc) is 3.58. The van der Waals surface area contributed by atoms with Gasteiger partial charge in [-0.3, -0.25) is 9.97 Å². The fraction of sp³-hybridized carbons (Fsp3) is 0.171. The number of rotatable bonds is 5. The first-order chi connectivity index (χ1) is 21.8. The topological polar surface area (TPSA) is 43.6 Å². The number of fused-ring (bicyclic) bond motifs is 1. The van der Waals surface area contributed by atoms with Crippen molar-refractivity contribution < 1.29 is 26.3 Å². The Labute approximate surface area is 263 Å². The van der Waals surface area contributed by atoms with Crippen molar-refractivity contribution in [1.29, 1.82) is 0 Å². The van der Waals surface area contributed by atoms with E-state index in [0.29, 0.717) is 38.7 Å². The van der Waals surface area contributed by atoms with Crippen molar-refractivity contribution in [2.45, 2.75) is 31.6 Å². The molecule has 232 valence electrons. The average molecular weight is 647 g/mol. The maximum absolute atomic E-state index is 15.9. The Morgan fingerprint density at radius 1 is 0.674 bits per heavy atom. The van der Waals surface area contributed by atoms with E-state index in [4.69, 9.17) is 4.98 Å². The first-order valence-corrected chi connectivity index (χ1v) is 15.1. The van der Waals surface area contributed by atoms with Crippen LogP contribution in [0.25, 0.3) is 55.3 Å². The van der Waals surface area contributed by atoms with Gasteiger partial charge in [0.25, 0.3) is 0 Å². The number of aromatic nitrogens is 4. The van der Waals surface area contributed by atoms with Crippen LogP contribution in [0.1, 0.15) is 21.7 Å². The number of halogens is 6. The zero-order valence-electron chi connectivity index (χ0n) is 24.6. The van der Waals surface area contributed by atoms with Crippen LogP contribution in [0.15, 0.2) is 91.3 Å². The van der Waals surface area contributed by atoms with Crippen molar-refractivity contribution in [2.24, 2.45) is 7.05 Å². The molecule has 0 bridgehead atoms. The lowest BCUT2D eigenvalue weighted by molar-refractivity contribution is -0.254. The molecule has 5 aromatic heterocycles. The number of thiophene rings is 1. The molecule has 4 nitrogen and oxygen atoms in total. The Morgan fingerprint density at radius 3 is 1.83 bits per heavy atom. The van der Waals surface area contributed by atoms with Gasteiger partial charge in [0.2, 0.25) is 0 Å². The number of allylic oxidation sites excluding steroid dienone is 2. The lowest BCUT2D eigenvalue weighted by Crippen LogP contribution is -2.48. The molecule has 0 atom stereocenters. The predicted molar refractivity (Wildman–Crippen MR) is 168 cm³/mol. The van der Waals surface area contributed by atoms with E-state index >= 15 is 26.3 Å². The lowest BCUT2D eigenvalue weighted by atomic mass is 9.93. The Morgan fingerprint density at radius 2 is 1.24 bits per heavy atom. The summed E-state index contributed by atoms with van der Waals surface area (Å²) >= 11 is 1.04. The zero-order valence-corrected chi connectivity index (χ0v) is 25.4. The van der Waals surface area contributed by atoms with Crippen LogP contribution >= 0.6 is 11.3 Å². The molecule has 0 spiro atoms. The van der Waals surface area contributed by atoms with E-state index in [0.717, 1.165) is 11.3 Å². The Kier molecular flexibility index (Phi) is 6.75. The van der Waals surface area contributed by atoms with Crippen LogP contribution in [0.3, 0.4) is 0 Å². The number of para-hydroxylation sites is 1. The second-order valence-electron chi connectivity index (χ2n) is 11.1. The first-order valence-electron chi connectivity index (χ1n) is 14.2. The third kappa shape index (κ3) is 4.24. The highest BCUT2D eigenvalue weighted by molar-refractivity contribution is 7.15. The van der Waals surface area contributed by atoms with Crippen molar-refractivity contribution in [3.63, 3.8) is 0 Å². The van der Waals surface area contributed by atoms with Crippen LogP contribution in [-0.4, -0.2) is 37.3 Å². The quantitative estimate of drug-likeness (QED) is 0.175. The number of benzene rings is 1. The standard InChI is InChI=1S/C35H24F6N4S/c1-19-30(22-10-4-5-13-28(22)45(19)3)32-31(33(36,37)35(40,41)34(32,38)39)23-18-29(46-20(23)2)21-16-26(24-11-6-8-14-42-24)44-27(17-21)25-12-7-9-15-43-25/h4-18H,1-3H3. The summed E-state index contributed by atoms with van der Waals surface area (Å²) in [5.41, 5.74) is -0.276. The Hall–Kier alpha value is -4.77. The van der Waals surface area contributed by atoms with Crippen LogP contribution in [0.4, 0.5) is 26.3 Å². The van der Waals surface area contributed by atoms with Crippen LogP contribution in [0.2, 0.25) is 0 Å². The van der Waals surface area contributed by atoms with Gasteiger partial charge < -0.3 is 4.57 Å². The zero-order chi connectivity index (χ0) is 32.6. The summed E-state index contributed by atoms with van der Waals surface area (Å²) in [4.78, 5) is 14.1. The third-order valence-corrected chi connectivity index (χ3v) is 9.57. The summed E-state index contributed by atoms with van der Waals surface area (Å²) in [7, 11) is 1.58. The van der Waals surface area contributed by atoms with Gasteiger partial charge in [-0.25, -0.2) is 4.98 Å². The molecular weight excluding hydrogens is 622 g/mol. The summed E-state index contributed by atoms with van der Waals surface area (Å²) in [6.07, 6.45) is 3.20. The number of hydrogen-bond donors (Lipinski definition) is 0. The highest BCUT2D eigenvalue weighted by Crippen LogP contribution is 2.66. The van der Waals surface area contributed by atoms with E-state index in [1.807, 2.05) is 0 Å². The minimum absolute atomic E-state index is 0.170. The highest BCUT2D eigenvalue weighted by atomic mass is 32.1. The number of hydrogen-bond acceptors (Lipinski definition) is 4. The number of nitrogens with zero attached hydrogens (tertiary/aromatic N) is 4. The summed E-state index contributed by atoms with van der Waals surface area (Å²) in [6, 6.07) is 21.6. The molecular formula is C35H24F6N4S. The lowest BCUT2D eigenvalue weighted by Gasteiger charge is -2.25. The van der Waals surface area contributed by atoms with Crippen LogP contribution in [0, 0.1) is 13.8 Å². The van der Waals surface area contributed by atoms with Gasteiger partial charge in [0, 0.05) is 62.5 Å². The van der Waals surface area contributed by atoms with E-state index in [2.05, 4.69) is 9.97 Å². The molecule has 1 aliphatic rings. The second-order valence-corrected chi connectivity index (χ2v) is 12.4. The maximum Gasteiger partial charge on any atom is 0.380 e. The fourth-order valence-corrected chi connectivity index (χ4v) is 7.10. The SMILES string of the molecule is Cc1sc(-c2cc(-c3ccccn3)nc(-c3ccccn3)c2)cc1C1=C(c2c(C)n(C)c3ccccc23)C(F)(F)C(F)(F)C1(F)F. The van der Waals surface area contributed by atoms with E-state index in [9.17, 15) is 0 Å². The van der Waals surface area contributed by atoms with E-state index in [1.165, 1.54) is 26.0 Å². The number of alkyl halides is 6. The normalized spacial score (nSPS) is 16.8. The minimum Gasteiger partial charge on any atom is -0.347 e. The molecule has 0 fully saturated rings. The first kappa shape index (κ1) is 29.9. The third-order valence-electron chi connectivity index (χ3n) is 8.47. The van der Waals surface area contributed by atoms with E-state index in [-0.39, 0.29) is 27.1 Å². The van der Waals surface area contributed by atoms with E-state index in [1.54, 1.807) is 90.7 Å². The molecule has 0 saturated carbocycles. The van der Waals surface area contributed by atoms with Gasteiger partial charge in [0.1, 0.15) is 0 Å². The van der Waals surface area contributed by atoms with E-state index < -0.39 is 28.9 Å². The summed E-state index contributed by atoms with van der Waals surface area (Å²) in [6.45, 7) is 2.93. The summed E-state index contributed by atoms with van der Waals surface area (Å²) < 4.78 is 95.6. The van der Waals surface area contributed by atoms with Crippen LogP contribution in [-0.2, 0) is 7.05 Å². The highest BCUT2D eigenvalue weighted by Gasteiger charge is 2.80. The second kappa shape index (κ2) is 10.4. The largest absolute Gasteiger partial charge is 0.380 e. The molecule has 11 heteroatoms. The number of pyridine rings is 3. The fourth-order valence-electron chi connectivity index (χ4n) is 6.08. The number of aryl methyl sites for hydroxylation is 2. The maximum atomic E-state index is 15.9. The van der Waals surface area contributed by atoms with Crippen molar-refractivity contribution in [1.82, 2.24) is 19.5 Å². The molecule has 5 heterocycles. The smallest absolute Gasteiger partial charge is 0.347 e. The van der Waals surface area contributed by atoms with Gasteiger partial charge in [-0.2, -0.15) is 26.3 Å². The molecule has 6 aromatic rings. The Balaban J connectivity index is 1.49. The molecule has 7 rings (SSSR count). The molecule has 46 heavy (non-hydrogen) atoms. The van der Waals surface area contributed by atoms with Gasteiger partial charge in [0.15, 0.2) is 0 Å². The molecule has 0 unspecified atom stereocenters. The predicted octanol–water partition coefficient (Wildman–Crippen LogP) is 9.87. The van der Waals surface area contributed by atoms with Gasteiger partial charge in [-0.05, 0) is 73.5 Å². The molecule has 0 saturated heterocycles. The molecule has 0 N–H and O–H groups in total. The molecule has 1 aromatic carbocycles. The molecule has 0 radical (unpaired) electrons. The van der Waals surface area contributed by atoms with Gasteiger partial charge in [-0.1, -0.05) is 30.3 Å². The van der Waals surface area contributed by atoms with Crippen LogP contribution in [0.5, 0.6) is 0 Å². The van der Waals surface area contributed by atoms with Gasteiger partial charge in [-0.15, -0.1) is 11.3 Å². The van der Waals surface area contributed by atoms with Crippen molar-refractivity contribution in [3.05, 3.63) is 113 Å². The summed E-state index contributed by atoms with van der Waals surface area (Å²) in [5, 5.41) is 0.186. The minimum atomic E-state index is -5.67. The monoisotopic (exact) mass is 646 g/mol. The van der Waals surface area contributed by atoms with Crippen LogP contribution < -0.4 is 0 Å². The Bertz CT molecular complexity index is 2110. The van der Waals surface area contributed by atoms with Gasteiger partial charge >= 0.3 is 17.8 Å². The molecule has 0 amide bonds. The van der Waals surface area contributed by atoms with Crippen molar-refractivity contribution in [2.75, 3.05) is 0 Å². The van der Waals surface area contributed by atoms with Crippen molar-refractivity contribution >= 4 is 33.4 Å². The van der Waals surface area contributed by atoms with Crippen molar-refractivity contribution in [3.8, 4) is 33.2 Å². The molecule has 1 aliphatic carbocycles. The molecule has 0 aliphatic heterocycles. The van der Waals surface area contributed by atoms with Gasteiger partial charge in [0.05, 0.1) is 22.8 Å².